The molecule has 1 rings (SSSR count). The lowest BCUT2D eigenvalue weighted by Crippen LogP contribution is -2.49. The fourth-order valence-electron chi connectivity index (χ4n) is 0.914. The first-order chi connectivity index (χ1) is 7.00. The van der Waals surface area contributed by atoms with Gasteiger partial charge in [0.2, 0.25) is 0 Å². The van der Waals surface area contributed by atoms with Crippen LogP contribution in [0, 0.1) is 6.92 Å². The molecule has 0 aliphatic carbocycles. The second-order valence-electron chi connectivity index (χ2n) is 3.60. The van der Waals surface area contributed by atoms with Crippen LogP contribution in [0.25, 0.3) is 0 Å². The van der Waals surface area contributed by atoms with Crippen LogP contribution in [0.4, 0.5) is 0 Å². The van der Waals surface area contributed by atoms with E-state index in [0.717, 1.165) is 0 Å². The van der Waals surface area contributed by atoms with Gasteiger partial charge in [0.25, 0.3) is 5.91 Å². The number of rotatable bonds is 4. The second-order valence-corrected chi connectivity index (χ2v) is 4.73. The van der Waals surface area contributed by atoms with E-state index in [0.29, 0.717) is 22.1 Å². The maximum absolute atomic E-state index is 11.7. The van der Waals surface area contributed by atoms with Crippen LogP contribution in [0.15, 0.2) is 10.6 Å². The summed E-state index contributed by atoms with van der Waals surface area (Å²) in [5.74, 6) is 0.396. The molecule has 0 aliphatic rings. The van der Waals surface area contributed by atoms with E-state index in [-0.39, 0.29) is 11.4 Å². The number of carbonyl (C=O) groups excluding carboxylic acids is 1. The van der Waals surface area contributed by atoms with Gasteiger partial charge < -0.3 is 9.84 Å². The monoisotopic (exact) mass is 338 g/mol. The van der Waals surface area contributed by atoms with Crippen molar-refractivity contribution in [3.05, 3.63) is 17.5 Å². The summed E-state index contributed by atoms with van der Waals surface area (Å²) in [5, 5.41) is 7.84. The highest BCUT2D eigenvalue weighted by molar-refractivity contribution is 9.09. The van der Waals surface area contributed by atoms with Crippen LogP contribution in [0.5, 0.6) is 0 Å². The van der Waals surface area contributed by atoms with Crippen molar-refractivity contribution in [2.45, 2.75) is 19.4 Å². The molecule has 0 bridgehead atoms. The minimum atomic E-state index is -0.329. The molecule has 1 heterocycles. The molecule has 0 saturated heterocycles. The Bertz CT molecular complexity index is 348. The third-order valence-electron chi connectivity index (χ3n) is 1.87. The lowest BCUT2D eigenvalue weighted by atomic mass is 10.1. The molecule has 1 aromatic heterocycles. The summed E-state index contributed by atoms with van der Waals surface area (Å²) in [6.07, 6.45) is 0. The van der Waals surface area contributed by atoms with Gasteiger partial charge in [0.05, 0.1) is 5.54 Å². The Kier molecular flexibility index (Phi) is 4.33. The van der Waals surface area contributed by atoms with Crippen LogP contribution in [-0.4, -0.2) is 27.3 Å². The summed E-state index contributed by atoms with van der Waals surface area (Å²) in [6, 6.07) is 1.61. The Morgan fingerprint density at radius 1 is 1.60 bits per heavy atom. The van der Waals surface area contributed by atoms with Crippen molar-refractivity contribution >= 4 is 37.8 Å². The zero-order valence-electron chi connectivity index (χ0n) is 8.51. The summed E-state index contributed by atoms with van der Waals surface area (Å²) in [4.78, 5) is 11.7. The van der Waals surface area contributed by atoms with Crippen LogP contribution in [-0.2, 0) is 0 Å². The number of nitrogens with zero attached hydrogens (tertiary/aromatic N) is 1. The van der Waals surface area contributed by atoms with Gasteiger partial charge in [0, 0.05) is 16.7 Å². The molecule has 0 saturated carbocycles. The van der Waals surface area contributed by atoms with E-state index in [9.17, 15) is 4.79 Å². The maximum Gasteiger partial charge on any atom is 0.273 e. The van der Waals surface area contributed by atoms with E-state index in [1.54, 1.807) is 13.0 Å². The SMILES string of the molecule is Cc1cc(C(=O)NC(C)(CBr)CBr)no1. The van der Waals surface area contributed by atoms with Crippen molar-refractivity contribution in [2.75, 3.05) is 10.7 Å². The molecular weight excluding hydrogens is 328 g/mol. The molecule has 0 aromatic carbocycles. The summed E-state index contributed by atoms with van der Waals surface area (Å²) in [5.41, 5.74) is -0.0233. The minimum Gasteiger partial charge on any atom is -0.361 e. The van der Waals surface area contributed by atoms with Gasteiger partial charge in [-0.2, -0.15) is 0 Å². The normalized spacial score (nSPS) is 11.5. The summed E-state index contributed by atoms with van der Waals surface area (Å²) in [7, 11) is 0. The number of aryl methyl sites for hydroxylation is 1. The zero-order valence-corrected chi connectivity index (χ0v) is 11.7. The molecule has 1 N–H and O–H groups in total. The summed E-state index contributed by atoms with van der Waals surface area (Å²) < 4.78 is 4.83. The Labute approximate surface area is 105 Å². The standard InChI is InChI=1S/C9H12Br2N2O2/c1-6-3-7(13-15-6)8(14)12-9(2,4-10)5-11/h3H,4-5H2,1-2H3,(H,12,14). The fraction of sp³-hybridized carbons (Fsp3) is 0.556. The van der Waals surface area contributed by atoms with Crippen LogP contribution in [0.3, 0.4) is 0 Å². The molecule has 1 aromatic rings. The summed E-state index contributed by atoms with van der Waals surface area (Å²) in [6.45, 7) is 3.68. The molecule has 0 fully saturated rings. The topological polar surface area (TPSA) is 55.1 Å². The third-order valence-corrected chi connectivity index (χ3v) is 4.34. The van der Waals surface area contributed by atoms with Gasteiger partial charge in [-0.05, 0) is 13.8 Å². The zero-order chi connectivity index (χ0) is 11.5. The van der Waals surface area contributed by atoms with Gasteiger partial charge in [-0.1, -0.05) is 37.0 Å². The van der Waals surface area contributed by atoms with Crippen LogP contribution < -0.4 is 5.32 Å². The number of carbonyl (C=O) groups is 1. The predicted molar refractivity (Wildman–Crippen MR) is 64.7 cm³/mol. The number of nitrogens with one attached hydrogen (secondary N) is 1. The fourth-order valence-corrected chi connectivity index (χ4v) is 2.12. The van der Waals surface area contributed by atoms with Crippen molar-refractivity contribution in [3.63, 3.8) is 0 Å². The third kappa shape index (κ3) is 3.31. The Morgan fingerprint density at radius 3 is 2.60 bits per heavy atom. The quantitative estimate of drug-likeness (QED) is 0.856. The molecule has 0 atom stereocenters. The van der Waals surface area contributed by atoms with Crippen molar-refractivity contribution in [3.8, 4) is 0 Å². The molecule has 0 radical (unpaired) electrons. The predicted octanol–water partition coefficient (Wildman–Crippen LogP) is 2.26. The van der Waals surface area contributed by atoms with E-state index < -0.39 is 0 Å². The van der Waals surface area contributed by atoms with E-state index in [4.69, 9.17) is 4.52 Å². The average molecular weight is 340 g/mol. The Balaban J connectivity index is 2.71. The van der Waals surface area contributed by atoms with Gasteiger partial charge in [0.15, 0.2) is 5.69 Å². The first kappa shape index (κ1) is 12.7. The first-order valence-corrected chi connectivity index (χ1v) is 6.63. The summed E-state index contributed by atoms with van der Waals surface area (Å²) >= 11 is 6.70. The van der Waals surface area contributed by atoms with E-state index in [1.165, 1.54) is 0 Å². The number of hydrogen-bond donors (Lipinski definition) is 1. The number of alkyl halides is 2. The van der Waals surface area contributed by atoms with Crippen LogP contribution in [0.2, 0.25) is 0 Å². The lowest BCUT2D eigenvalue weighted by Gasteiger charge is -2.25. The smallest absolute Gasteiger partial charge is 0.273 e. The molecule has 0 spiro atoms. The van der Waals surface area contributed by atoms with Crippen LogP contribution in [0.1, 0.15) is 23.2 Å². The number of amides is 1. The van der Waals surface area contributed by atoms with Gasteiger partial charge in [0.1, 0.15) is 5.76 Å². The van der Waals surface area contributed by atoms with E-state index >= 15 is 0 Å². The highest BCUT2D eigenvalue weighted by Crippen LogP contribution is 2.12. The van der Waals surface area contributed by atoms with Crippen molar-refractivity contribution in [2.24, 2.45) is 0 Å². The number of hydrogen-bond acceptors (Lipinski definition) is 3. The Hall–Kier alpha value is -0.360. The maximum atomic E-state index is 11.7. The number of halogens is 2. The van der Waals surface area contributed by atoms with Crippen molar-refractivity contribution in [1.82, 2.24) is 10.5 Å². The average Bonchev–Trinajstić information content (AvgIpc) is 2.65. The second kappa shape index (κ2) is 5.12. The highest BCUT2D eigenvalue weighted by atomic mass is 79.9. The van der Waals surface area contributed by atoms with Gasteiger partial charge in [-0.15, -0.1) is 0 Å². The van der Waals surface area contributed by atoms with Crippen molar-refractivity contribution < 1.29 is 9.32 Å². The highest BCUT2D eigenvalue weighted by Gasteiger charge is 2.25. The van der Waals surface area contributed by atoms with Gasteiger partial charge >= 0.3 is 0 Å². The van der Waals surface area contributed by atoms with Gasteiger partial charge in [-0.3, -0.25) is 4.79 Å². The molecular formula is C9H12Br2N2O2. The lowest BCUT2D eigenvalue weighted by molar-refractivity contribution is 0.0913. The molecule has 6 heteroatoms. The molecule has 1 amide bonds. The van der Waals surface area contributed by atoms with Crippen molar-refractivity contribution in [1.29, 1.82) is 0 Å². The Morgan fingerprint density at radius 2 is 2.20 bits per heavy atom. The molecule has 0 aliphatic heterocycles. The molecule has 0 unspecified atom stereocenters. The first-order valence-electron chi connectivity index (χ1n) is 4.38. The largest absolute Gasteiger partial charge is 0.361 e. The molecule has 4 nitrogen and oxygen atoms in total. The van der Waals surface area contributed by atoms with Gasteiger partial charge in [-0.25, -0.2) is 0 Å². The molecule has 84 valence electrons. The molecule has 15 heavy (non-hydrogen) atoms. The minimum absolute atomic E-state index is 0.228. The van der Waals surface area contributed by atoms with E-state index in [1.807, 2.05) is 6.92 Å². The van der Waals surface area contributed by atoms with E-state index in [2.05, 4.69) is 42.3 Å². The van der Waals surface area contributed by atoms with Crippen LogP contribution >= 0.6 is 31.9 Å². The number of aromatic nitrogens is 1.